The molecule has 0 amide bonds. The van der Waals surface area contributed by atoms with E-state index in [4.69, 9.17) is 4.52 Å². The molecule has 1 aromatic heterocycles. The zero-order chi connectivity index (χ0) is 13.8. The molecule has 3 rings (SSSR count). The summed E-state index contributed by atoms with van der Waals surface area (Å²) in [7, 11) is 2.13. The van der Waals surface area contributed by atoms with Crippen LogP contribution in [0.15, 0.2) is 34.9 Å². The van der Waals surface area contributed by atoms with E-state index in [2.05, 4.69) is 27.4 Å². The number of hydrogen-bond donors (Lipinski definition) is 1. The fourth-order valence-electron chi connectivity index (χ4n) is 2.61. The van der Waals surface area contributed by atoms with Crippen molar-refractivity contribution in [3.8, 4) is 11.4 Å². The van der Waals surface area contributed by atoms with Gasteiger partial charge in [-0.25, -0.2) is 0 Å². The van der Waals surface area contributed by atoms with Gasteiger partial charge in [-0.05, 0) is 33.0 Å². The van der Waals surface area contributed by atoms with Crippen LogP contribution in [0.3, 0.4) is 0 Å². The third-order valence-corrected chi connectivity index (χ3v) is 3.82. The van der Waals surface area contributed by atoms with Crippen LogP contribution in [-0.2, 0) is 6.54 Å². The summed E-state index contributed by atoms with van der Waals surface area (Å²) < 4.78 is 5.36. The Bertz CT molecular complexity index is 534. The fourth-order valence-corrected chi connectivity index (χ4v) is 2.61. The number of hydrogen-bond acceptors (Lipinski definition) is 5. The van der Waals surface area contributed by atoms with Crippen molar-refractivity contribution in [1.29, 1.82) is 0 Å². The Hall–Kier alpha value is -1.72. The topological polar surface area (TPSA) is 54.2 Å². The van der Waals surface area contributed by atoms with Crippen LogP contribution in [0.5, 0.6) is 0 Å². The standard InChI is InChI=1S/C15H20N4O/c1-19(13-7-9-16-10-8-13)11-14-17-15(18-20-14)12-5-3-2-4-6-12/h2-6,13,16H,7-11H2,1H3. The minimum atomic E-state index is 0.600. The van der Waals surface area contributed by atoms with Gasteiger partial charge in [0.05, 0.1) is 6.54 Å². The second kappa shape index (κ2) is 6.15. The Kier molecular flexibility index (Phi) is 4.08. The first-order chi connectivity index (χ1) is 9.83. The summed E-state index contributed by atoms with van der Waals surface area (Å²) in [6, 6.07) is 10.5. The van der Waals surface area contributed by atoms with Crippen LogP contribution < -0.4 is 5.32 Å². The number of rotatable bonds is 4. The quantitative estimate of drug-likeness (QED) is 0.921. The van der Waals surface area contributed by atoms with Gasteiger partial charge in [0, 0.05) is 11.6 Å². The largest absolute Gasteiger partial charge is 0.338 e. The summed E-state index contributed by atoms with van der Waals surface area (Å²) in [5, 5.41) is 7.44. The van der Waals surface area contributed by atoms with E-state index in [1.54, 1.807) is 0 Å². The summed E-state index contributed by atoms with van der Waals surface area (Å²) in [5.74, 6) is 1.35. The molecule has 20 heavy (non-hydrogen) atoms. The maximum atomic E-state index is 5.36. The Balaban J connectivity index is 1.65. The van der Waals surface area contributed by atoms with Crippen molar-refractivity contribution in [2.24, 2.45) is 0 Å². The highest BCUT2D eigenvalue weighted by Crippen LogP contribution is 2.17. The summed E-state index contributed by atoms with van der Waals surface area (Å²) >= 11 is 0. The summed E-state index contributed by atoms with van der Waals surface area (Å²) in [5.41, 5.74) is 0.993. The minimum Gasteiger partial charge on any atom is -0.338 e. The molecule has 1 aromatic carbocycles. The van der Waals surface area contributed by atoms with E-state index in [9.17, 15) is 0 Å². The van der Waals surface area contributed by atoms with E-state index in [-0.39, 0.29) is 0 Å². The highest BCUT2D eigenvalue weighted by molar-refractivity contribution is 5.53. The van der Waals surface area contributed by atoms with E-state index in [1.165, 1.54) is 12.8 Å². The monoisotopic (exact) mass is 272 g/mol. The average molecular weight is 272 g/mol. The first kappa shape index (κ1) is 13.3. The molecule has 5 heteroatoms. The van der Waals surface area contributed by atoms with Crippen molar-refractivity contribution in [3.05, 3.63) is 36.2 Å². The molecule has 0 aliphatic carbocycles. The zero-order valence-electron chi connectivity index (χ0n) is 11.7. The van der Waals surface area contributed by atoms with Gasteiger partial charge in [0.1, 0.15) is 0 Å². The molecule has 1 aliphatic heterocycles. The van der Waals surface area contributed by atoms with Gasteiger partial charge < -0.3 is 9.84 Å². The zero-order valence-corrected chi connectivity index (χ0v) is 11.7. The van der Waals surface area contributed by atoms with Gasteiger partial charge in [-0.1, -0.05) is 35.5 Å². The van der Waals surface area contributed by atoms with Crippen LogP contribution in [0.25, 0.3) is 11.4 Å². The van der Waals surface area contributed by atoms with E-state index in [0.717, 1.165) is 18.7 Å². The van der Waals surface area contributed by atoms with Crippen LogP contribution in [-0.4, -0.2) is 41.2 Å². The Morgan fingerprint density at radius 1 is 1.25 bits per heavy atom. The molecular formula is C15H20N4O. The van der Waals surface area contributed by atoms with Crippen molar-refractivity contribution in [1.82, 2.24) is 20.4 Å². The number of piperidine rings is 1. The van der Waals surface area contributed by atoms with Crippen LogP contribution >= 0.6 is 0 Å². The van der Waals surface area contributed by atoms with Gasteiger partial charge >= 0.3 is 0 Å². The summed E-state index contributed by atoms with van der Waals surface area (Å²) in [6.45, 7) is 2.90. The third kappa shape index (κ3) is 3.05. The van der Waals surface area contributed by atoms with Crippen molar-refractivity contribution >= 4 is 0 Å². The highest BCUT2D eigenvalue weighted by atomic mass is 16.5. The molecule has 0 saturated carbocycles. The Labute approximate surface area is 119 Å². The molecule has 0 radical (unpaired) electrons. The first-order valence-corrected chi connectivity index (χ1v) is 7.12. The predicted octanol–water partition coefficient (Wildman–Crippen LogP) is 1.92. The van der Waals surface area contributed by atoms with Crippen molar-refractivity contribution < 1.29 is 4.52 Å². The number of nitrogens with zero attached hydrogens (tertiary/aromatic N) is 3. The fraction of sp³-hybridized carbons (Fsp3) is 0.467. The molecule has 0 bridgehead atoms. The van der Waals surface area contributed by atoms with Crippen LogP contribution in [0.2, 0.25) is 0 Å². The van der Waals surface area contributed by atoms with E-state index >= 15 is 0 Å². The molecular weight excluding hydrogens is 252 g/mol. The molecule has 0 spiro atoms. The van der Waals surface area contributed by atoms with Gasteiger partial charge in [-0.2, -0.15) is 4.98 Å². The van der Waals surface area contributed by atoms with Gasteiger partial charge in [0.15, 0.2) is 0 Å². The molecule has 0 atom stereocenters. The Morgan fingerprint density at radius 3 is 2.75 bits per heavy atom. The van der Waals surface area contributed by atoms with E-state index < -0.39 is 0 Å². The maximum absolute atomic E-state index is 5.36. The smallest absolute Gasteiger partial charge is 0.241 e. The van der Waals surface area contributed by atoms with Gasteiger partial charge in [-0.15, -0.1) is 0 Å². The molecule has 2 aromatic rings. The van der Waals surface area contributed by atoms with Crippen molar-refractivity contribution in [2.45, 2.75) is 25.4 Å². The summed E-state index contributed by atoms with van der Waals surface area (Å²) in [4.78, 5) is 6.79. The van der Waals surface area contributed by atoms with Crippen LogP contribution in [0.4, 0.5) is 0 Å². The lowest BCUT2D eigenvalue weighted by Crippen LogP contribution is -2.40. The average Bonchev–Trinajstić information content (AvgIpc) is 2.97. The van der Waals surface area contributed by atoms with Crippen molar-refractivity contribution in [2.75, 3.05) is 20.1 Å². The van der Waals surface area contributed by atoms with Gasteiger partial charge in [-0.3, -0.25) is 4.90 Å². The van der Waals surface area contributed by atoms with E-state index in [1.807, 2.05) is 30.3 Å². The Morgan fingerprint density at radius 2 is 2.00 bits per heavy atom. The maximum Gasteiger partial charge on any atom is 0.241 e. The lowest BCUT2D eigenvalue weighted by molar-refractivity contribution is 0.171. The third-order valence-electron chi connectivity index (χ3n) is 3.82. The molecule has 2 heterocycles. The highest BCUT2D eigenvalue weighted by Gasteiger charge is 2.19. The molecule has 1 aliphatic rings. The molecule has 1 saturated heterocycles. The lowest BCUT2D eigenvalue weighted by atomic mass is 10.1. The molecule has 1 N–H and O–H groups in total. The second-order valence-electron chi connectivity index (χ2n) is 5.27. The SMILES string of the molecule is CN(Cc1nc(-c2ccccc2)no1)C1CCNCC1. The normalized spacial score (nSPS) is 16.7. The first-order valence-electron chi connectivity index (χ1n) is 7.12. The van der Waals surface area contributed by atoms with Crippen molar-refractivity contribution in [3.63, 3.8) is 0 Å². The number of nitrogens with one attached hydrogen (secondary N) is 1. The lowest BCUT2D eigenvalue weighted by Gasteiger charge is -2.30. The second-order valence-corrected chi connectivity index (χ2v) is 5.27. The molecule has 1 fully saturated rings. The number of benzene rings is 1. The molecule has 5 nitrogen and oxygen atoms in total. The summed E-state index contributed by atoms with van der Waals surface area (Å²) in [6.07, 6.45) is 2.35. The van der Waals surface area contributed by atoms with E-state index in [0.29, 0.717) is 24.3 Å². The minimum absolute atomic E-state index is 0.600. The predicted molar refractivity (Wildman–Crippen MR) is 77.1 cm³/mol. The number of aromatic nitrogens is 2. The molecule has 0 unspecified atom stereocenters. The van der Waals surface area contributed by atoms with Gasteiger partial charge in [0.2, 0.25) is 11.7 Å². The van der Waals surface area contributed by atoms with Crippen LogP contribution in [0.1, 0.15) is 18.7 Å². The van der Waals surface area contributed by atoms with Gasteiger partial charge in [0.25, 0.3) is 0 Å². The van der Waals surface area contributed by atoms with Crippen LogP contribution in [0, 0.1) is 0 Å². The molecule has 106 valence electrons.